The van der Waals surface area contributed by atoms with E-state index in [1.54, 1.807) is 4.52 Å². The van der Waals surface area contributed by atoms with Gasteiger partial charge in [-0.15, -0.1) is 10.2 Å². The molecule has 0 saturated heterocycles. The predicted octanol–water partition coefficient (Wildman–Crippen LogP) is 2.37. The standard InChI is InChI=1S/C13H18N4O2S/c1-4-19-12(18)9(7(2)3)11-16-17-10(8-5-6-8)14-15-13(17)20-11/h7-9H,4-6H2,1-3H3. The lowest BCUT2D eigenvalue weighted by atomic mass is 9.97. The van der Waals surface area contributed by atoms with Crippen LogP contribution in [-0.2, 0) is 9.53 Å². The van der Waals surface area contributed by atoms with Gasteiger partial charge in [-0.25, -0.2) is 0 Å². The maximum atomic E-state index is 12.1. The zero-order valence-corrected chi connectivity index (χ0v) is 12.7. The van der Waals surface area contributed by atoms with Crippen molar-refractivity contribution >= 4 is 22.3 Å². The molecule has 0 N–H and O–H groups in total. The molecule has 2 aromatic rings. The van der Waals surface area contributed by atoms with Gasteiger partial charge in [0.1, 0.15) is 10.9 Å². The molecule has 20 heavy (non-hydrogen) atoms. The molecular formula is C13H18N4O2S. The first kappa shape index (κ1) is 13.5. The molecule has 1 aliphatic carbocycles. The molecule has 0 aromatic carbocycles. The second-order valence-corrected chi connectivity index (χ2v) is 6.43. The topological polar surface area (TPSA) is 69.4 Å². The summed E-state index contributed by atoms with van der Waals surface area (Å²) in [5, 5.41) is 13.7. The van der Waals surface area contributed by atoms with Gasteiger partial charge in [-0.2, -0.15) is 9.61 Å². The summed E-state index contributed by atoms with van der Waals surface area (Å²) in [5.41, 5.74) is 0. The second-order valence-electron chi connectivity index (χ2n) is 5.44. The van der Waals surface area contributed by atoms with Crippen molar-refractivity contribution in [2.75, 3.05) is 6.61 Å². The molecule has 1 unspecified atom stereocenters. The lowest BCUT2D eigenvalue weighted by Crippen LogP contribution is -2.21. The molecule has 1 aliphatic rings. The molecule has 7 heteroatoms. The van der Waals surface area contributed by atoms with Crippen LogP contribution in [-0.4, -0.2) is 32.4 Å². The van der Waals surface area contributed by atoms with Gasteiger partial charge in [0.2, 0.25) is 4.96 Å². The van der Waals surface area contributed by atoms with Gasteiger partial charge in [-0.05, 0) is 25.7 Å². The highest BCUT2D eigenvalue weighted by molar-refractivity contribution is 7.16. The number of hydrogen-bond donors (Lipinski definition) is 0. The highest BCUT2D eigenvalue weighted by atomic mass is 32.1. The molecule has 2 aromatic heterocycles. The van der Waals surface area contributed by atoms with E-state index in [1.807, 2.05) is 20.8 Å². The van der Waals surface area contributed by atoms with Crippen molar-refractivity contribution in [3.63, 3.8) is 0 Å². The van der Waals surface area contributed by atoms with Crippen LogP contribution in [0.3, 0.4) is 0 Å². The van der Waals surface area contributed by atoms with E-state index in [1.165, 1.54) is 11.3 Å². The highest BCUT2D eigenvalue weighted by Gasteiger charge is 2.33. The molecule has 0 amide bonds. The first-order valence-corrected chi connectivity index (χ1v) is 7.82. The SMILES string of the molecule is CCOC(=O)C(c1nn2c(C3CC3)nnc2s1)C(C)C. The molecule has 0 aliphatic heterocycles. The fourth-order valence-corrected chi connectivity index (χ4v) is 3.37. The first-order valence-electron chi connectivity index (χ1n) is 7.00. The third kappa shape index (κ3) is 2.30. The van der Waals surface area contributed by atoms with Crippen molar-refractivity contribution in [1.82, 2.24) is 19.8 Å². The van der Waals surface area contributed by atoms with Crippen LogP contribution in [0, 0.1) is 5.92 Å². The Balaban J connectivity index is 1.96. The van der Waals surface area contributed by atoms with Gasteiger partial charge >= 0.3 is 5.97 Å². The van der Waals surface area contributed by atoms with Gasteiger partial charge in [0.05, 0.1) is 6.61 Å². The lowest BCUT2D eigenvalue weighted by Gasteiger charge is -2.15. The van der Waals surface area contributed by atoms with Crippen molar-refractivity contribution in [1.29, 1.82) is 0 Å². The minimum absolute atomic E-state index is 0.141. The maximum Gasteiger partial charge on any atom is 0.316 e. The molecule has 6 nitrogen and oxygen atoms in total. The maximum absolute atomic E-state index is 12.1. The van der Waals surface area contributed by atoms with Crippen molar-refractivity contribution in [3.05, 3.63) is 10.8 Å². The molecule has 0 radical (unpaired) electrons. The Labute approximate surface area is 121 Å². The summed E-state index contributed by atoms with van der Waals surface area (Å²) in [4.78, 5) is 12.9. The minimum atomic E-state index is -0.325. The quantitative estimate of drug-likeness (QED) is 0.792. The largest absolute Gasteiger partial charge is 0.465 e. The number of ether oxygens (including phenoxy) is 1. The Bertz CT molecular complexity index is 629. The van der Waals surface area contributed by atoms with Gasteiger partial charge in [0, 0.05) is 5.92 Å². The van der Waals surface area contributed by atoms with E-state index < -0.39 is 0 Å². The van der Waals surface area contributed by atoms with Crippen molar-refractivity contribution in [3.8, 4) is 0 Å². The number of nitrogens with zero attached hydrogens (tertiary/aromatic N) is 4. The molecule has 108 valence electrons. The van der Waals surface area contributed by atoms with Gasteiger partial charge in [-0.1, -0.05) is 25.2 Å². The Hall–Kier alpha value is -1.50. The predicted molar refractivity (Wildman–Crippen MR) is 74.8 cm³/mol. The lowest BCUT2D eigenvalue weighted by molar-refractivity contribution is -0.146. The number of carbonyl (C=O) groups excluding carboxylic acids is 1. The van der Waals surface area contributed by atoms with Crippen LogP contribution in [0.15, 0.2) is 0 Å². The summed E-state index contributed by atoms with van der Waals surface area (Å²) >= 11 is 1.43. The summed E-state index contributed by atoms with van der Waals surface area (Å²) in [5.74, 6) is 1.02. The van der Waals surface area contributed by atoms with E-state index in [0.717, 1.165) is 28.6 Å². The van der Waals surface area contributed by atoms with Crippen molar-refractivity contribution in [2.24, 2.45) is 5.92 Å². The van der Waals surface area contributed by atoms with Gasteiger partial charge in [0.25, 0.3) is 0 Å². The molecule has 1 saturated carbocycles. The van der Waals surface area contributed by atoms with Crippen LogP contribution >= 0.6 is 11.3 Å². The highest BCUT2D eigenvalue weighted by Crippen LogP contribution is 2.40. The zero-order chi connectivity index (χ0) is 14.3. The van der Waals surface area contributed by atoms with Crippen molar-refractivity contribution < 1.29 is 9.53 Å². The van der Waals surface area contributed by atoms with Crippen LogP contribution in [0.4, 0.5) is 0 Å². The normalized spacial score (nSPS) is 16.8. The molecule has 3 rings (SSSR count). The third-order valence-electron chi connectivity index (χ3n) is 3.45. The summed E-state index contributed by atoms with van der Waals surface area (Å²) in [6, 6.07) is 0. The van der Waals surface area contributed by atoms with Crippen LogP contribution in [0.2, 0.25) is 0 Å². The monoisotopic (exact) mass is 294 g/mol. The van der Waals surface area contributed by atoms with Gasteiger partial charge < -0.3 is 4.74 Å². The second kappa shape index (κ2) is 5.12. The Kier molecular flexibility index (Phi) is 3.45. The Morgan fingerprint density at radius 2 is 2.20 bits per heavy atom. The average Bonchev–Trinajstić information content (AvgIpc) is 3.01. The number of carbonyl (C=O) groups is 1. The van der Waals surface area contributed by atoms with Crippen LogP contribution < -0.4 is 0 Å². The van der Waals surface area contributed by atoms with E-state index in [0.29, 0.717) is 12.5 Å². The molecule has 0 bridgehead atoms. The van der Waals surface area contributed by atoms with Gasteiger partial charge in [-0.3, -0.25) is 4.79 Å². The number of rotatable bonds is 5. The molecule has 0 spiro atoms. The molecular weight excluding hydrogens is 276 g/mol. The summed E-state index contributed by atoms with van der Waals surface area (Å²) < 4.78 is 6.96. The summed E-state index contributed by atoms with van der Waals surface area (Å²) in [6.45, 7) is 6.22. The average molecular weight is 294 g/mol. The Morgan fingerprint density at radius 3 is 2.80 bits per heavy atom. The third-order valence-corrected chi connectivity index (χ3v) is 4.43. The molecule has 1 fully saturated rings. The van der Waals surface area contributed by atoms with Crippen LogP contribution in [0.5, 0.6) is 0 Å². The van der Waals surface area contributed by atoms with Crippen LogP contribution in [0.25, 0.3) is 4.96 Å². The number of fused-ring (bicyclic) bond motifs is 1. The summed E-state index contributed by atoms with van der Waals surface area (Å²) in [6.07, 6.45) is 2.30. The number of hydrogen-bond acceptors (Lipinski definition) is 6. The minimum Gasteiger partial charge on any atom is -0.465 e. The number of esters is 1. The molecule has 1 atom stereocenters. The van der Waals surface area contributed by atoms with E-state index >= 15 is 0 Å². The van der Waals surface area contributed by atoms with Crippen LogP contribution in [0.1, 0.15) is 56.3 Å². The van der Waals surface area contributed by atoms with E-state index in [-0.39, 0.29) is 17.8 Å². The van der Waals surface area contributed by atoms with E-state index in [4.69, 9.17) is 4.74 Å². The first-order chi connectivity index (χ1) is 9.61. The van der Waals surface area contributed by atoms with Gasteiger partial charge in [0.15, 0.2) is 5.82 Å². The zero-order valence-electron chi connectivity index (χ0n) is 11.9. The van der Waals surface area contributed by atoms with E-state index in [2.05, 4.69) is 15.3 Å². The number of aromatic nitrogens is 4. The van der Waals surface area contributed by atoms with E-state index in [9.17, 15) is 4.79 Å². The smallest absolute Gasteiger partial charge is 0.316 e. The fourth-order valence-electron chi connectivity index (χ4n) is 2.26. The fraction of sp³-hybridized carbons (Fsp3) is 0.692. The Morgan fingerprint density at radius 1 is 1.45 bits per heavy atom. The summed E-state index contributed by atoms with van der Waals surface area (Å²) in [7, 11) is 0. The van der Waals surface area contributed by atoms with Crippen molar-refractivity contribution in [2.45, 2.75) is 45.4 Å². The molecule has 2 heterocycles.